The Hall–Kier alpha value is -2.44. The number of ketones is 1. The van der Waals surface area contributed by atoms with Gasteiger partial charge in [-0.2, -0.15) is 0 Å². The number of nitrogens with zero attached hydrogens (tertiary/aromatic N) is 1. The first-order valence-corrected chi connectivity index (χ1v) is 26.4. The SMILES string of the molecule is CCCCCC/C=C\C/C=C\C/C=C\CCCCCCCCC(=O)O[C@H](COC(=O)CCCCCC[C@H]1[C@@H](O)CC(=O)[C@@H]1/C=C/[C@@H](O)CCCCC)COP(=O)([O-])OCC[N+](C)(C)C. The Kier molecular flexibility index (Phi) is 35.0. The van der Waals surface area contributed by atoms with Crippen LogP contribution in [0.25, 0.3) is 0 Å². The minimum absolute atomic E-state index is 0.00333. The number of Topliss-reactive ketones (excluding diaryl/α,β-unsaturated/α-hetero) is 1. The van der Waals surface area contributed by atoms with E-state index >= 15 is 0 Å². The van der Waals surface area contributed by atoms with Crippen LogP contribution < -0.4 is 4.89 Å². The van der Waals surface area contributed by atoms with Gasteiger partial charge in [0.15, 0.2) is 6.10 Å². The van der Waals surface area contributed by atoms with Crippen LogP contribution in [-0.2, 0) is 37.5 Å². The number of phosphoric ester groups is 1. The Bertz CT molecular complexity index is 1390. The number of aliphatic hydroxyl groups excluding tert-OH is 2. The van der Waals surface area contributed by atoms with Gasteiger partial charge in [-0.3, -0.25) is 18.9 Å². The van der Waals surface area contributed by atoms with E-state index in [4.69, 9.17) is 18.5 Å². The van der Waals surface area contributed by atoms with E-state index in [9.17, 15) is 34.1 Å². The van der Waals surface area contributed by atoms with Gasteiger partial charge in [0.05, 0.1) is 40.0 Å². The molecule has 1 fully saturated rings. The Morgan fingerprint density at radius 3 is 1.92 bits per heavy atom. The number of likely N-dealkylation sites (N-methyl/N-ethyl adjacent to an activating group) is 1. The highest BCUT2D eigenvalue weighted by atomic mass is 31.2. The van der Waals surface area contributed by atoms with Gasteiger partial charge in [-0.1, -0.05) is 146 Å². The number of phosphoric acid groups is 1. The van der Waals surface area contributed by atoms with Crippen molar-refractivity contribution >= 4 is 25.5 Å². The third-order valence-electron chi connectivity index (χ3n) is 11.5. The fourth-order valence-corrected chi connectivity index (χ4v) is 8.24. The molecule has 0 aliphatic heterocycles. The maximum absolute atomic E-state index is 12.8. The van der Waals surface area contributed by atoms with Crippen LogP contribution in [0.2, 0.25) is 0 Å². The summed E-state index contributed by atoms with van der Waals surface area (Å²) in [6.45, 7) is 3.82. The molecule has 12 nitrogen and oxygen atoms in total. The van der Waals surface area contributed by atoms with E-state index in [1.807, 2.05) is 21.1 Å². The van der Waals surface area contributed by atoms with Crippen LogP contribution >= 0.6 is 7.82 Å². The fraction of sp³-hybridized carbons (Fsp3) is 0.784. The largest absolute Gasteiger partial charge is 0.756 e. The summed E-state index contributed by atoms with van der Waals surface area (Å²) in [5, 5.41) is 20.8. The molecule has 64 heavy (non-hydrogen) atoms. The minimum atomic E-state index is -4.69. The predicted octanol–water partition coefficient (Wildman–Crippen LogP) is 10.6. The van der Waals surface area contributed by atoms with Crippen LogP contribution in [-0.4, -0.2) is 98.2 Å². The number of ether oxygens (including phenoxy) is 2. The Morgan fingerprint density at radius 2 is 1.30 bits per heavy atom. The van der Waals surface area contributed by atoms with Crippen molar-refractivity contribution in [3.8, 4) is 0 Å². The molecule has 1 saturated carbocycles. The molecule has 0 bridgehead atoms. The van der Waals surface area contributed by atoms with E-state index in [0.29, 0.717) is 36.7 Å². The van der Waals surface area contributed by atoms with Crippen molar-refractivity contribution < 1.29 is 57.1 Å². The number of unbranched alkanes of at least 4 members (excludes halogenated alkanes) is 15. The van der Waals surface area contributed by atoms with Gasteiger partial charge in [0.25, 0.3) is 7.82 Å². The van der Waals surface area contributed by atoms with E-state index in [1.165, 1.54) is 32.1 Å². The fourth-order valence-electron chi connectivity index (χ4n) is 7.51. The zero-order chi connectivity index (χ0) is 47.3. The standard InChI is InChI=1S/C51H90NO11P/c1-6-8-10-11-12-13-14-15-16-17-18-19-20-21-22-23-24-25-26-32-36-51(57)63-45(43-62-64(58,59)61-40-39-52(3,4)5)42-60-50(56)35-31-28-27-30-34-46-47(49(55)41-48(46)54)38-37-44(53)33-29-9-7-2/h13-14,16-17,19-20,37-38,44-48,53-54H,6-12,15,18,21-36,39-43H2,1-5H3/b14-13-,17-16-,20-19-,38-37+/t44-,45+,46+,47+,48-/m0/s1. The molecule has 0 aromatic rings. The second kappa shape index (κ2) is 37.6. The molecule has 370 valence electrons. The highest BCUT2D eigenvalue weighted by Crippen LogP contribution is 2.38. The van der Waals surface area contributed by atoms with Crippen LogP contribution in [0.15, 0.2) is 48.6 Å². The van der Waals surface area contributed by atoms with Crippen molar-refractivity contribution in [2.45, 2.75) is 199 Å². The molecule has 0 spiro atoms. The van der Waals surface area contributed by atoms with Gasteiger partial charge in [-0.15, -0.1) is 0 Å². The van der Waals surface area contributed by atoms with Gasteiger partial charge < -0.3 is 38.1 Å². The van der Waals surface area contributed by atoms with Crippen LogP contribution in [0.5, 0.6) is 0 Å². The predicted molar refractivity (Wildman–Crippen MR) is 255 cm³/mol. The molecule has 13 heteroatoms. The lowest BCUT2D eigenvalue weighted by Gasteiger charge is -2.28. The quantitative estimate of drug-likeness (QED) is 0.0197. The number of carbonyl (C=O) groups is 3. The lowest BCUT2D eigenvalue weighted by atomic mass is 9.88. The maximum Gasteiger partial charge on any atom is 0.306 e. The zero-order valence-electron chi connectivity index (χ0n) is 40.7. The molecule has 2 N–H and O–H groups in total. The van der Waals surface area contributed by atoms with Crippen molar-refractivity contribution in [2.24, 2.45) is 11.8 Å². The number of quaternary nitrogens is 1. The highest BCUT2D eigenvalue weighted by Gasteiger charge is 2.39. The van der Waals surface area contributed by atoms with E-state index in [-0.39, 0.29) is 44.2 Å². The molecule has 1 aliphatic rings. The van der Waals surface area contributed by atoms with E-state index in [2.05, 4.69) is 50.3 Å². The maximum atomic E-state index is 12.8. The van der Waals surface area contributed by atoms with Gasteiger partial charge in [0, 0.05) is 25.2 Å². The first-order chi connectivity index (χ1) is 30.7. The Morgan fingerprint density at radius 1 is 0.750 bits per heavy atom. The van der Waals surface area contributed by atoms with Crippen molar-refractivity contribution in [3.05, 3.63) is 48.6 Å². The summed E-state index contributed by atoms with van der Waals surface area (Å²) in [6, 6.07) is 0. The van der Waals surface area contributed by atoms with E-state index in [1.54, 1.807) is 12.2 Å². The molecule has 1 aliphatic carbocycles. The van der Waals surface area contributed by atoms with Crippen molar-refractivity contribution in [3.63, 3.8) is 0 Å². The number of esters is 2. The monoisotopic (exact) mass is 924 g/mol. The topological polar surface area (TPSA) is 169 Å². The van der Waals surface area contributed by atoms with Crippen LogP contribution in [0, 0.1) is 11.8 Å². The molecule has 1 rings (SSSR count). The molecule has 0 radical (unpaired) electrons. The van der Waals surface area contributed by atoms with Gasteiger partial charge in [-0.05, 0) is 70.1 Å². The summed E-state index contributed by atoms with van der Waals surface area (Å²) in [7, 11) is 1.02. The summed E-state index contributed by atoms with van der Waals surface area (Å²) in [4.78, 5) is 50.5. The first-order valence-electron chi connectivity index (χ1n) is 24.9. The second-order valence-corrected chi connectivity index (χ2v) is 20.0. The van der Waals surface area contributed by atoms with Gasteiger partial charge in [0.2, 0.25) is 0 Å². The van der Waals surface area contributed by atoms with Crippen molar-refractivity contribution in [1.29, 1.82) is 0 Å². The molecule has 1 unspecified atom stereocenters. The molecule has 0 amide bonds. The molecule has 6 atom stereocenters. The Balaban J connectivity index is 2.42. The van der Waals surface area contributed by atoms with Gasteiger partial charge in [-0.25, -0.2) is 0 Å². The zero-order valence-corrected chi connectivity index (χ0v) is 41.6. The molecule has 0 saturated heterocycles. The summed E-state index contributed by atoms with van der Waals surface area (Å²) >= 11 is 0. The summed E-state index contributed by atoms with van der Waals surface area (Å²) in [5.74, 6) is -1.58. The van der Waals surface area contributed by atoms with Crippen LogP contribution in [0.1, 0.15) is 181 Å². The molecule has 0 aromatic carbocycles. The third kappa shape index (κ3) is 34.0. The smallest absolute Gasteiger partial charge is 0.306 e. The molecular formula is C51H90NO11P. The van der Waals surface area contributed by atoms with Gasteiger partial charge in [0.1, 0.15) is 25.5 Å². The van der Waals surface area contributed by atoms with Crippen LogP contribution in [0.3, 0.4) is 0 Å². The lowest BCUT2D eigenvalue weighted by Crippen LogP contribution is -2.37. The molecule has 0 aromatic heterocycles. The Labute approximate surface area is 388 Å². The second-order valence-electron chi connectivity index (χ2n) is 18.6. The number of hydrogen-bond donors (Lipinski definition) is 2. The van der Waals surface area contributed by atoms with Gasteiger partial charge >= 0.3 is 11.9 Å². The molecular weight excluding hydrogens is 834 g/mol. The normalized spacial score (nSPS) is 19.1. The number of hydrogen-bond acceptors (Lipinski definition) is 11. The number of rotatable bonds is 41. The summed E-state index contributed by atoms with van der Waals surface area (Å²) < 4.78 is 34.0. The number of aliphatic hydroxyl groups is 2. The summed E-state index contributed by atoms with van der Waals surface area (Å²) in [6.07, 6.45) is 37.5. The average Bonchev–Trinajstić information content (AvgIpc) is 3.51. The average molecular weight is 924 g/mol. The highest BCUT2D eigenvalue weighted by molar-refractivity contribution is 7.45. The molecule has 0 heterocycles. The third-order valence-corrected chi connectivity index (χ3v) is 12.4. The van der Waals surface area contributed by atoms with Crippen LogP contribution in [0.4, 0.5) is 0 Å². The van der Waals surface area contributed by atoms with E-state index in [0.717, 1.165) is 89.9 Å². The number of carbonyl (C=O) groups excluding carboxylic acids is 3. The lowest BCUT2D eigenvalue weighted by molar-refractivity contribution is -0.870. The van der Waals surface area contributed by atoms with Crippen molar-refractivity contribution in [2.75, 3.05) is 47.5 Å². The minimum Gasteiger partial charge on any atom is -0.756 e. The summed E-state index contributed by atoms with van der Waals surface area (Å²) in [5.41, 5.74) is 0. The number of allylic oxidation sites excluding steroid dienone is 7. The van der Waals surface area contributed by atoms with E-state index < -0.39 is 50.6 Å². The van der Waals surface area contributed by atoms with Crippen molar-refractivity contribution in [1.82, 2.24) is 0 Å². The first kappa shape index (κ1) is 59.6.